The summed E-state index contributed by atoms with van der Waals surface area (Å²) in [5.74, 6) is 0.303. The number of likely N-dealkylation sites (tertiary alicyclic amines) is 1. The molecule has 1 aliphatic heterocycles. The maximum absolute atomic E-state index is 11.8. The first-order chi connectivity index (χ1) is 7.75. The zero-order chi connectivity index (χ0) is 11.4. The SMILES string of the molecule is O=C1CCCCCN1Cc1cccc(Br)c1. The highest BCUT2D eigenvalue weighted by Crippen LogP contribution is 2.17. The first kappa shape index (κ1) is 11.6. The second-order valence-electron chi connectivity index (χ2n) is 4.26. The highest BCUT2D eigenvalue weighted by molar-refractivity contribution is 9.10. The molecule has 2 rings (SSSR count). The monoisotopic (exact) mass is 281 g/mol. The van der Waals surface area contributed by atoms with Crippen molar-refractivity contribution in [3.63, 3.8) is 0 Å². The normalized spacial score (nSPS) is 17.3. The van der Waals surface area contributed by atoms with Gasteiger partial charge in [-0.3, -0.25) is 4.79 Å². The Morgan fingerprint density at radius 2 is 2.12 bits per heavy atom. The van der Waals surface area contributed by atoms with E-state index in [0.29, 0.717) is 12.3 Å². The van der Waals surface area contributed by atoms with Crippen molar-refractivity contribution in [2.45, 2.75) is 32.2 Å². The van der Waals surface area contributed by atoms with E-state index in [1.54, 1.807) is 0 Å². The summed E-state index contributed by atoms with van der Waals surface area (Å²) in [5, 5.41) is 0. The summed E-state index contributed by atoms with van der Waals surface area (Å²) in [5.41, 5.74) is 1.20. The van der Waals surface area contributed by atoms with Gasteiger partial charge in [0, 0.05) is 24.0 Å². The van der Waals surface area contributed by atoms with Gasteiger partial charge >= 0.3 is 0 Å². The third-order valence-corrected chi connectivity index (χ3v) is 3.43. The molecule has 0 bridgehead atoms. The van der Waals surface area contributed by atoms with Crippen molar-refractivity contribution in [2.24, 2.45) is 0 Å². The maximum Gasteiger partial charge on any atom is 0.222 e. The Labute approximate surface area is 105 Å². The van der Waals surface area contributed by atoms with Crippen LogP contribution < -0.4 is 0 Å². The van der Waals surface area contributed by atoms with Crippen LogP contribution in [0.2, 0.25) is 0 Å². The molecule has 1 aromatic carbocycles. The molecule has 1 aromatic rings. The molecular weight excluding hydrogens is 266 g/mol. The molecule has 16 heavy (non-hydrogen) atoms. The molecule has 0 aromatic heterocycles. The molecule has 1 heterocycles. The fraction of sp³-hybridized carbons (Fsp3) is 0.462. The van der Waals surface area contributed by atoms with E-state index in [4.69, 9.17) is 0 Å². The smallest absolute Gasteiger partial charge is 0.222 e. The second kappa shape index (κ2) is 5.48. The predicted molar refractivity (Wildman–Crippen MR) is 68.0 cm³/mol. The summed E-state index contributed by atoms with van der Waals surface area (Å²) < 4.78 is 1.08. The van der Waals surface area contributed by atoms with Crippen LogP contribution in [0.15, 0.2) is 28.7 Å². The molecule has 0 radical (unpaired) electrons. The van der Waals surface area contributed by atoms with Gasteiger partial charge in [-0.25, -0.2) is 0 Å². The molecule has 1 aliphatic rings. The van der Waals surface area contributed by atoms with Crippen molar-refractivity contribution in [1.29, 1.82) is 0 Å². The number of carbonyl (C=O) groups excluding carboxylic acids is 1. The molecule has 86 valence electrons. The van der Waals surface area contributed by atoms with E-state index < -0.39 is 0 Å². The fourth-order valence-electron chi connectivity index (χ4n) is 2.06. The largest absolute Gasteiger partial charge is 0.338 e. The third-order valence-electron chi connectivity index (χ3n) is 2.93. The van der Waals surface area contributed by atoms with Gasteiger partial charge in [-0.1, -0.05) is 34.5 Å². The van der Waals surface area contributed by atoms with E-state index in [1.165, 1.54) is 12.0 Å². The van der Waals surface area contributed by atoms with Crippen LogP contribution in [-0.4, -0.2) is 17.4 Å². The molecule has 0 atom stereocenters. The average molecular weight is 282 g/mol. The van der Waals surface area contributed by atoms with Crippen molar-refractivity contribution >= 4 is 21.8 Å². The van der Waals surface area contributed by atoms with Gasteiger partial charge in [-0.15, -0.1) is 0 Å². The number of amides is 1. The number of hydrogen-bond donors (Lipinski definition) is 0. The molecule has 0 saturated carbocycles. The molecule has 0 spiro atoms. The molecule has 0 aliphatic carbocycles. The van der Waals surface area contributed by atoms with Crippen molar-refractivity contribution in [3.8, 4) is 0 Å². The molecule has 2 nitrogen and oxygen atoms in total. The molecule has 1 amide bonds. The fourth-order valence-corrected chi connectivity index (χ4v) is 2.51. The lowest BCUT2D eigenvalue weighted by Crippen LogP contribution is -2.29. The van der Waals surface area contributed by atoms with E-state index in [1.807, 2.05) is 17.0 Å². The van der Waals surface area contributed by atoms with Gasteiger partial charge < -0.3 is 4.90 Å². The van der Waals surface area contributed by atoms with Gasteiger partial charge in [0.15, 0.2) is 0 Å². The van der Waals surface area contributed by atoms with Crippen molar-refractivity contribution in [2.75, 3.05) is 6.54 Å². The van der Waals surface area contributed by atoms with Crippen molar-refractivity contribution in [1.82, 2.24) is 4.90 Å². The maximum atomic E-state index is 11.8. The topological polar surface area (TPSA) is 20.3 Å². The van der Waals surface area contributed by atoms with Gasteiger partial charge in [0.25, 0.3) is 0 Å². The summed E-state index contributed by atoms with van der Waals surface area (Å²) in [7, 11) is 0. The Hall–Kier alpha value is -0.830. The molecule has 1 saturated heterocycles. The van der Waals surface area contributed by atoms with Crippen LogP contribution in [0.4, 0.5) is 0 Å². The summed E-state index contributed by atoms with van der Waals surface area (Å²) in [6, 6.07) is 8.18. The number of rotatable bonds is 2. The Morgan fingerprint density at radius 1 is 1.25 bits per heavy atom. The lowest BCUT2D eigenvalue weighted by molar-refractivity contribution is -0.131. The Morgan fingerprint density at radius 3 is 2.94 bits per heavy atom. The highest BCUT2D eigenvalue weighted by atomic mass is 79.9. The summed E-state index contributed by atoms with van der Waals surface area (Å²) >= 11 is 3.45. The number of hydrogen-bond acceptors (Lipinski definition) is 1. The second-order valence-corrected chi connectivity index (χ2v) is 5.17. The van der Waals surface area contributed by atoms with Crippen LogP contribution in [0.1, 0.15) is 31.2 Å². The summed E-state index contributed by atoms with van der Waals surface area (Å²) in [4.78, 5) is 13.8. The van der Waals surface area contributed by atoms with Crippen LogP contribution in [0, 0.1) is 0 Å². The predicted octanol–water partition coefficient (Wildman–Crippen LogP) is 3.35. The molecule has 0 N–H and O–H groups in total. The van der Waals surface area contributed by atoms with E-state index in [0.717, 1.165) is 30.4 Å². The molecule has 3 heteroatoms. The first-order valence-corrected chi connectivity index (χ1v) is 6.57. The van der Waals surface area contributed by atoms with Gasteiger partial charge in [-0.05, 0) is 30.5 Å². The van der Waals surface area contributed by atoms with E-state index in [2.05, 4.69) is 28.1 Å². The minimum atomic E-state index is 0.303. The van der Waals surface area contributed by atoms with E-state index >= 15 is 0 Å². The van der Waals surface area contributed by atoms with Crippen LogP contribution in [0.25, 0.3) is 0 Å². The Kier molecular flexibility index (Phi) is 3.99. The van der Waals surface area contributed by atoms with Crippen LogP contribution in [0.5, 0.6) is 0 Å². The summed E-state index contributed by atoms with van der Waals surface area (Å²) in [6.45, 7) is 1.66. The number of nitrogens with zero attached hydrogens (tertiary/aromatic N) is 1. The van der Waals surface area contributed by atoms with Crippen molar-refractivity contribution < 1.29 is 4.79 Å². The Balaban J connectivity index is 2.05. The third kappa shape index (κ3) is 3.08. The molecular formula is C13H16BrNO. The molecule has 0 unspecified atom stereocenters. The van der Waals surface area contributed by atoms with E-state index in [9.17, 15) is 4.79 Å². The zero-order valence-electron chi connectivity index (χ0n) is 9.29. The zero-order valence-corrected chi connectivity index (χ0v) is 10.9. The van der Waals surface area contributed by atoms with Crippen LogP contribution in [-0.2, 0) is 11.3 Å². The van der Waals surface area contributed by atoms with Gasteiger partial charge in [0.2, 0.25) is 5.91 Å². The highest BCUT2D eigenvalue weighted by Gasteiger charge is 2.16. The van der Waals surface area contributed by atoms with Crippen molar-refractivity contribution in [3.05, 3.63) is 34.3 Å². The minimum absolute atomic E-state index is 0.303. The number of benzene rings is 1. The van der Waals surface area contributed by atoms with Gasteiger partial charge in [-0.2, -0.15) is 0 Å². The Bertz CT molecular complexity index is 378. The minimum Gasteiger partial charge on any atom is -0.338 e. The van der Waals surface area contributed by atoms with Gasteiger partial charge in [0.1, 0.15) is 0 Å². The number of halogens is 1. The standard InChI is InChI=1S/C13H16BrNO/c14-12-6-4-5-11(9-12)10-15-8-3-1-2-7-13(15)16/h4-6,9H,1-3,7-8,10H2. The van der Waals surface area contributed by atoms with Gasteiger partial charge in [0.05, 0.1) is 0 Å². The summed E-state index contributed by atoms with van der Waals surface area (Å²) in [6.07, 6.45) is 4.09. The quantitative estimate of drug-likeness (QED) is 0.814. The van der Waals surface area contributed by atoms with E-state index in [-0.39, 0.29) is 0 Å². The molecule has 1 fully saturated rings. The number of carbonyl (C=O) groups is 1. The van der Waals surface area contributed by atoms with Crippen LogP contribution >= 0.6 is 15.9 Å². The average Bonchev–Trinajstić information content (AvgIpc) is 2.45. The van der Waals surface area contributed by atoms with Crippen LogP contribution in [0.3, 0.4) is 0 Å². The lowest BCUT2D eigenvalue weighted by Gasteiger charge is -2.20. The first-order valence-electron chi connectivity index (χ1n) is 5.78. The lowest BCUT2D eigenvalue weighted by atomic mass is 10.2.